The Kier molecular flexibility index (Phi) is 7.23. The van der Waals surface area contributed by atoms with Crippen molar-refractivity contribution in [2.45, 2.75) is 0 Å². The first kappa shape index (κ1) is 25.6. The standard InChI is InChI=1S/C32H24N2O7/c35-31(15-3-21-1-13-27-29(17-21)39-19-37-27)33-23-5-9-25(10-6-23)41-26-11-7-24(8-12-26)34-32(36)16-4-22-2-14-28-30(18-22)40-20-38-28/h1-18H,19-20H2,(H,33,35)(H,34,36). The third kappa shape index (κ3) is 6.48. The van der Waals surface area contributed by atoms with Crippen LogP contribution in [-0.4, -0.2) is 25.4 Å². The number of anilines is 2. The van der Waals surface area contributed by atoms with Crippen molar-refractivity contribution < 1.29 is 33.3 Å². The van der Waals surface area contributed by atoms with Gasteiger partial charge >= 0.3 is 0 Å². The summed E-state index contributed by atoms with van der Waals surface area (Å²) < 4.78 is 27.2. The lowest BCUT2D eigenvalue weighted by molar-refractivity contribution is -0.112. The van der Waals surface area contributed by atoms with Crippen molar-refractivity contribution in [2.24, 2.45) is 0 Å². The highest BCUT2D eigenvalue weighted by atomic mass is 16.7. The van der Waals surface area contributed by atoms with Crippen LogP contribution in [0.2, 0.25) is 0 Å². The zero-order valence-corrected chi connectivity index (χ0v) is 21.7. The van der Waals surface area contributed by atoms with E-state index in [9.17, 15) is 9.59 Å². The van der Waals surface area contributed by atoms with Gasteiger partial charge in [-0.25, -0.2) is 0 Å². The summed E-state index contributed by atoms with van der Waals surface area (Å²) >= 11 is 0. The van der Waals surface area contributed by atoms with Gasteiger partial charge in [0.05, 0.1) is 0 Å². The second-order valence-electron chi connectivity index (χ2n) is 9.02. The molecule has 0 saturated heterocycles. The van der Waals surface area contributed by atoms with E-state index in [1.165, 1.54) is 12.2 Å². The predicted molar refractivity (Wildman–Crippen MR) is 153 cm³/mol. The Balaban J connectivity index is 0.979. The summed E-state index contributed by atoms with van der Waals surface area (Å²) in [5.41, 5.74) is 2.92. The van der Waals surface area contributed by atoms with Gasteiger partial charge in [0.2, 0.25) is 25.4 Å². The van der Waals surface area contributed by atoms with Crippen LogP contribution in [0.4, 0.5) is 11.4 Å². The molecule has 0 aliphatic carbocycles. The molecule has 9 nitrogen and oxygen atoms in total. The van der Waals surface area contributed by atoms with E-state index in [4.69, 9.17) is 23.7 Å². The summed E-state index contributed by atoms with van der Waals surface area (Å²) in [6.07, 6.45) is 6.32. The van der Waals surface area contributed by atoms with Gasteiger partial charge in [-0.1, -0.05) is 12.1 Å². The second kappa shape index (κ2) is 11.6. The second-order valence-corrected chi connectivity index (χ2v) is 9.02. The zero-order valence-electron chi connectivity index (χ0n) is 21.7. The Hall–Kier alpha value is -5.70. The maximum atomic E-state index is 12.3. The van der Waals surface area contributed by atoms with Crippen LogP contribution >= 0.6 is 0 Å². The van der Waals surface area contributed by atoms with Crippen molar-refractivity contribution in [1.29, 1.82) is 0 Å². The van der Waals surface area contributed by atoms with Crippen LogP contribution in [0.15, 0.2) is 97.1 Å². The highest BCUT2D eigenvalue weighted by Crippen LogP contribution is 2.34. The molecule has 6 rings (SSSR count). The van der Waals surface area contributed by atoms with Crippen molar-refractivity contribution in [3.05, 3.63) is 108 Å². The predicted octanol–water partition coefficient (Wildman–Crippen LogP) is 6.24. The summed E-state index contributed by atoms with van der Waals surface area (Å²) in [6.45, 7) is 0.407. The van der Waals surface area contributed by atoms with Gasteiger partial charge in [-0.15, -0.1) is 0 Å². The van der Waals surface area contributed by atoms with E-state index in [0.717, 1.165) is 11.1 Å². The van der Waals surface area contributed by atoms with Crippen LogP contribution in [0.3, 0.4) is 0 Å². The molecule has 2 amide bonds. The molecule has 2 aliphatic heterocycles. The first-order chi connectivity index (χ1) is 20.1. The number of carbonyl (C=O) groups excluding carboxylic acids is 2. The number of ether oxygens (including phenoxy) is 5. The molecule has 0 atom stereocenters. The zero-order chi connectivity index (χ0) is 28.0. The Labute approximate surface area is 235 Å². The van der Waals surface area contributed by atoms with Crippen molar-refractivity contribution in [2.75, 3.05) is 24.2 Å². The largest absolute Gasteiger partial charge is 0.457 e. The fourth-order valence-electron chi connectivity index (χ4n) is 4.09. The molecule has 9 heteroatoms. The fourth-order valence-corrected chi connectivity index (χ4v) is 4.09. The van der Waals surface area contributed by atoms with Crippen LogP contribution in [0.25, 0.3) is 12.2 Å². The van der Waals surface area contributed by atoms with E-state index in [1.54, 1.807) is 60.7 Å². The first-order valence-electron chi connectivity index (χ1n) is 12.7. The topological polar surface area (TPSA) is 104 Å². The number of benzene rings is 4. The third-order valence-electron chi connectivity index (χ3n) is 6.13. The number of nitrogens with one attached hydrogen (secondary N) is 2. The van der Waals surface area contributed by atoms with E-state index in [1.807, 2.05) is 36.4 Å². The fraction of sp³-hybridized carbons (Fsp3) is 0.0625. The van der Waals surface area contributed by atoms with Crippen molar-refractivity contribution in [3.8, 4) is 34.5 Å². The molecule has 2 N–H and O–H groups in total. The highest BCUT2D eigenvalue weighted by Gasteiger charge is 2.13. The number of hydrogen-bond acceptors (Lipinski definition) is 7. The summed E-state index contributed by atoms with van der Waals surface area (Å²) in [4.78, 5) is 24.7. The van der Waals surface area contributed by atoms with Gasteiger partial charge in [-0.2, -0.15) is 0 Å². The quantitative estimate of drug-likeness (QED) is 0.251. The summed E-state index contributed by atoms with van der Waals surface area (Å²) in [6, 6.07) is 25.0. The van der Waals surface area contributed by atoms with Gasteiger partial charge in [-0.3, -0.25) is 9.59 Å². The Morgan fingerprint density at radius 2 is 0.976 bits per heavy atom. The molecule has 0 spiro atoms. The smallest absolute Gasteiger partial charge is 0.248 e. The molecule has 0 radical (unpaired) electrons. The molecule has 2 heterocycles. The van der Waals surface area contributed by atoms with Crippen molar-refractivity contribution in [3.63, 3.8) is 0 Å². The van der Waals surface area contributed by atoms with E-state index >= 15 is 0 Å². The summed E-state index contributed by atoms with van der Waals surface area (Å²) in [5, 5.41) is 5.64. The number of fused-ring (bicyclic) bond motifs is 2. The van der Waals surface area contributed by atoms with Crippen molar-refractivity contribution >= 4 is 35.3 Å². The Morgan fingerprint density at radius 3 is 1.41 bits per heavy atom. The first-order valence-corrected chi connectivity index (χ1v) is 12.7. The van der Waals surface area contributed by atoms with Crippen LogP contribution in [0.5, 0.6) is 34.5 Å². The minimum Gasteiger partial charge on any atom is -0.457 e. The Morgan fingerprint density at radius 1 is 0.561 bits per heavy atom. The number of rotatable bonds is 8. The maximum absolute atomic E-state index is 12.3. The van der Waals surface area contributed by atoms with Gasteiger partial charge in [0.15, 0.2) is 23.0 Å². The van der Waals surface area contributed by atoms with Crippen LogP contribution < -0.4 is 34.3 Å². The lowest BCUT2D eigenvalue weighted by atomic mass is 10.2. The minimum absolute atomic E-state index is 0.203. The maximum Gasteiger partial charge on any atom is 0.248 e. The molecule has 41 heavy (non-hydrogen) atoms. The van der Waals surface area contributed by atoms with Crippen molar-refractivity contribution in [1.82, 2.24) is 0 Å². The monoisotopic (exact) mass is 548 g/mol. The molecular weight excluding hydrogens is 524 g/mol. The number of hydrogen-bond donors (Lipinski definition) is 2. The highest BCUT2D eigenvalue weighted by molar-refractivity contribution is 6.02. The van der Waals surface area contributed by atoms with Crippen LogP contribution in [0, 0.1) is 0 Å². The SMILES string of the molecule is O=C(C=Cc1ccc2c(c1)OCO2)Nc1ccc(Oc2ccc(NC(=O)C=Cc3ccc4c(c3)OCO4)cc2)cc1. The minimum atomic E-state index is -0.264. The lowest BCUT2D eigenvalue weighted by Crippen LogP contribution is -2.07. The van der Waals surface area contributed by atoms with E-state index in [2.05, 4.69) is 10.6 Å². The molecule has 204 valence electrons. The van der Waals surface area contributed by atoms with Crippen LogP contribution in [0.1, 0.15) is 11.1 Å². The summed E-state index contributed by atoms with van der Waals surface area (Å²) in [7, 11) is 0. The molecule has 4 aromatic carbocycles. The van der Waals surface area contributed by atoms with Gasteiger partial charge < -0.3 is 34.3 Å². The van der Waals surface area contributed by atoms with E-state index < -0.39 is 0 Å². The van der Waals surface area contributed by atoms with E-state index in [0.29, 0.717) is 45.9 Å². The number of carbonyl (C=O) groups is 2. The Bertz CT molecular complexity index is 1520. The molecule has 0 aromatic heterocycles. The average molecular weight is 549 g/mol. The molecule has 0 saturated carbocycles. The molecule has 0 bridgehead atoms. The summed E-state index contributed by atoms with van der Waals surface area (Å²) in [5.74, 6) is 3.38. The molecule has 0 fully saturated rings. The van der Waals surface area contributed by atoms with Gasteiger partial charge in [0.1, 0.15) is 11.5 Å². The third-order valence-corrected chi connectivity index (χ3v) is 6.13. The van der Waals surface area contributed by atoms with Crippen LogP contribution in [-0.2, 0) is 9.59 Å². The molecule has 2 aliphatic rings. The van der Waals surface area contributed by atoms with Gasteiger partial charge in [0, 0.05) is 23.5 Å². The molecule has 0 unspecified atom stereocenters. The molecule has 4 aromatic rings. The average Bonchev–Trinajstić information content (AvgIpc) is 3.66. The van der Waals surface area contributed by atoms with Gasteiger partial charge in [-0.05, 0) is 96.1 Å². The lowest BCUT2D eigenvalue weighted by Gasteiger charge is -2.08. The molecular formula is C32H24N2O7. The van der Waals surface area contributed by atoms with E-state index in [-0.39, 0.29) is 25.4 Å². The normalized spacial score (nSPS) is 13.0. The number of amides is 2. The van der Waals surface area contributed by atoms with Gasteiger partial charge in [0.25, 0.3) is 0 Å².